The number of nitrogens with two attached hydrogens (primary N) is 1. The lowest BCUT2D eigenvalue weighted by molar-refractivity contribution is -0.127. The van der Waals surface area contributed by atoms with E-state index in [0.29, 0.717) is 11.4 Å². The van der Waals surface area contributed by atoms with Gasteiger partial charge in [0.25, 0.3) is 5.91 Å². The monoisotopic (exact) mass is 328 g/mol. The zero-order valence-electron chi connectivity index (χ0n) is 12.9. The largest absolute Gasteiger partial charge is 0.369 e. The van der Waals surface area contributed by atoms with Gasteiger partial charge in [0.1, 0.15) is 0 Å². The van der Waals surface area contributed by atoms with Crippen LogP contribution in [0, 0.1) is 5.41 Å². The van der Waals surface area contributed by atoms with Crippen LogP contribution in [0.1, 0.15) is 35.4 Å². The molecule has 0 aliphatic heterocycles. The summed E-state index contributed by atoms with van der Waals surface area (Å²) in [7, 11) is 0. The fraction of sp³-hybridized carbons (Fsp3) is 0.333. The normalized spacial score (nSPS) is 16.2. The molecule has 2 aromatic rings. The van der Waals surface area contributed by atoms with Gasteiger partial charge in [-0.15, -0.1) is 11.3 Å². The van der Waals surface area contributed by atoms with Crippen molar-refractivity contribution in [1.29, 1.82) is 0 Å². The van der Waals surface area contributed by atoms with E-state index in [1.165, 1.54) is 11.3 Å². The third-order valence-electron chi connectivity index (χ3n) is 4.63. The van der Waals surface area contributed by atoms with Crippen molar-refractivity contribution in [2.45, 2.75) is 25.7 Å². The lowest BCUT2D eigenvalue weighted by Crippen LogP contribution is -2.44. The molecular formula is C18H20N2O2S. The van der Waals surface area contributed by atoms with Crippen LogP contribution in [0.4, 0.5) is 0 Å². The minimum absolute atomic E-state index is 0.133. The molecule has 4 nitrogen and oxygen atoms in total. The Morgan fingerprint density at radius 1 is 1.13 bits per heavy atom. The van der Waals surface area contributed by atoms with Crippen molar-refractivity contribution < 1.29 is 9.59 Å². The third kappa shape index (κ3) is 3.15. The van der Waals surface area contributed by atoms with E-state index in [1.54, 1.807) is 0 Å². The Balaban J connectivity index is 1.75. The number of hydrogen-bond acceptors (Lipinski definition) is 3. The molecular weight excluding hydrogens is 308 g/mol. The molecule has 0 spiro atoms. The van der Waals surface area contributed by atoms with Gasteiger partial charge in [-0.1, -0.05) is 43.2 Å². The summed E-state index contributed by atoms with van der Waals surface area (Å²) >= 11 is 1.41. The van der Waals surface area contributed by atoms with Crippen molar-refractivity contribution in [3.8, 4) is 11.1 Å². The quantitative estimate of drug-likeness (QED) is 0.885. The summed E-state index contributed by atoms with van der Waals surface area (Å²) in [6, 6.07) is 11.8. The number of hydrogen-bond donors (Lipinski definition) is 2. The zero-order valence-corrected chi connectivity index (χ0v) is 13.7. The molecule has 2 amide bonds. The number of carbonyl (C=O) groups excluding carboxylic acids is 2. The van der Waals surface area contributed by atoms with Gasteiger partial charge < -0.3 is 11.1 Å². The van der Waals surface area contributed by atoms with Crippen molar-refractivity contribution in [3.63, 3.8) is 0 Å². The van der Waals surface area contributed by atoms with Gasteiger partial charge in [0.2, 0.25) is 5.91 Å². The molecule has 0 bridgehead atoms. The fourth-order valence-corrected chi connectivity index (χ4v) is 4.05. The lowest BCUT2D eigenvalue weighted by atomic mass is 9.85. The molecule has 1 aromatic heterocycles. The number of primary amides is 1. The smallest absolute Gasteiger partial charge is 0.262 e. The van der Waals surface area contributed by atoms with Gasteiger partial charge in [0.15, 0.2) is 0 Å². The van der Waals surface area contributed by atoms with Crippen LogP contribution in [-0.2, 0) is 4.79 Å². The van der Waals surface area contributed by atoms with E-state index in [1.807, 2.05) is 41.8 Å². The average Bonchev–Trinajstić information content (AvgIpc) is 3.23. The van der Waals surface area contributed by atoms with E-state index in [0.717, 1.165) is 36.8 Å². The third-order valence-corrected chi connectivity index (χ3v) is 5.54. The summed E-state index contributed by atoms with van der Waals surface area (Å²) in [4.78, 5) is 25.0. The minimum atomic E-state index is -0.570. The molecule has 5 heteroatoms. The Morgan fingerprint density at radius 3 is 2.48 bits per heavy atom. The molecule has 0 radical (unpaired) electrons. The summed E-state index contributed by atoms with van der Waals surface area (Å²) in [5, 5.41) is 4.84. The maximum atomic E-state index is 12.6. The van der Waals surface area contributed by atoms with Gasteiger partial charge in [-0.25, -0.2) is 0 Å². The van der Waals surface area contributed by atoms with E-state index in [2.05, 4.69) is 5.32 Å². The predicted octanol–water partition coefficient (Wildman–Crippen LogP) is 3.19. The van der Waals surface area contributed by atoms with Crippen molar-refractivity contribution in [3.05, 3.63) is 46.7 Å². The van der Waals surface area contributed by atoms with E-state index in [4.69, 9.17) is 5.73 Å². The van der Waals surface area contributed by atoms with Gasteiger partial charge in [0.05, 0.1) is 10.3 Å². The van der Waals surface area contributed by atoms with Gasteiger partial charge in [0, 0.05) is 12.1 Å². The first-order chi connectivity index (χ1) is 11.1. The lowest BCUT2D eigenvalue weighted by Gasteiger charge is -2.25. The molecule has 3 N–H and O–H groups in total. The molecule has 0 atom stereocenters. The van der Waals surface area contributed by atoms with E-state index >= 15 is 0 Å². The molecule has 23 heavy (non-hydrogen) atoms. The van der Waals surface area contributed by atoms with Crippen molar-refractivity contribution in [2.75, 3.05) is 6.54 Å². The molecule has 3 rings (SSSR count). The van der Waals surface area contributed by atoms with Crippen molar-refractivity contribution in [1.82, 2.24) is 5.32 Å². The van der Waals surface area contributed by atoms with E-state index in [9.17, 15) is 9.59 Å². The molecule has 1 aliphatic carbocycles. The van der Waals surface area contributed by atoms with Gasteiger partial charge in [-0.3, -0.25) is 9.59 Å². The molecule has 0 unspecified atom stereocenters. The molecule has 1 saturated carbocycles. The summed E-state index contributed by atoms with van der Waals surface area (Å²) in [5.74, 6) is -0.434. The number of carbonyl (C=O) groups is 2. The van der Waals surface area contributed by atoms with Gasteiger partial charge >= 0.3 is 0 Å². The second-order valence-corrected chi connectivity index (χ2v) is 6.98. The molecule has 0 saturated heterocycles. The highest BCUT2D eigenvalue weighted by Gasteiger charge is 2.39. The highest BCUT2D eigenvalue weighted by molar-refractivity contribution is 7.12. The molecule has 1 aromatic carbocycles. The summed E-state index contributed by atoms with van der Waals surface area (Å²) in [5.41, 5.74) is 6.94. The maximum Gasteiger partial charge on any atom is 0.262 e. The van der Waals surface area contributed by atoms with Gasteiger partial charge in [-0.05, 0) is 29.9 Å². The van der Waals surface area contributed by atoms with Crippen LogP contribution >= 0.6 is 11.3 Å². The van der Waals surface area contributed by atoms with Crippen LogP contribution in [0.15, 0.2) is 41.8 Å². The number of amides is 2. The predicted molar refractivity (Wildman–Crippen MR) is 92.2 cm³/mol. The second kappa shape index (κ2) is 6.54. The summed E-state index contributed by atoms with van der Waals surface area (Å²) in [6.45, 7) is 0.327. The Labute approximate surface area is 139 Å². The number of benzene rings is 1. The SMILES string of the molecule is NC(=O)C1(CNC(=O)c2sccc2-c2ccccc2)CCCC1. The maximum absolute atomic E-state index is 12.6. The standard InChI is InChI=1S/C18H20N2O2S/c19-17(22)18(9-4-5-10-18)12-20-16(21)15-14(8-11-23-15)13-6-2-1-3-7-13/h1-3,6-8,11H,4-5,9-10,12H2,(H2,19,22)(H,20,21). The molecule has 1 fully saturated rings. The number of nitrogens with one attached hydrogen (secondary N) is 1. The topological polar surface area (TPSA) is 72.2 Å². The van der Waals surface area contributed by atoms with Crippen LogP contribution in [0.5, 0.6) is 0 Å². The minimum Gasteiger partial charge on any atom is -0.369 e. The van der Waals surface area contributed by atoms with Crippen LogP contribution in [-0.4, -0.2) is 18.4 Å². The average molecular weight is 328 g/mol. The molecule has 1 heterocycles. The van der Waals surface area contributed by atoms with E-state index in [-0.39, 0.29) is 11.8 Å². The van der Waals surface area contributed by atoms with Crippen LogP contribution in [0.3, 0.4) is 0 Å². The van der Waals surface area contributed by atoms with E-state index < -0.39 is 5.41 Å². The Morgan fingerprint density at radius 2 is 1.83 bits per heavy atom. The summed E-state index contributed by atoms with van der Waals surface area (Å²) < 4.78 is 0. The molecule has 1 aliphatic rings. The highest BCUT2D eigenvalue weighted by atomic mass is 32.1. The molecule has 120 valence electrons. The number of thiophene rings is 1. The first-order valence-electron chi connectivity index (χ1n) is 7.83. The zero-order chi connectivity index (χ0) is 16.3. The summed E-state index contributed by atoms with van der Waals surface area (Å²) in [6.07, 6.45) is 3.51. The van der Waals surface area contributed by atoms with Gasteiger partial charge in [-0.2, -0.15) is 0 Å². The Hall–Kier alpha value is -2.14. The highest BCUT2D eigenvalue weighted by Crippen LogP contribution is 2.37. The van der Waals surface area contributed by atoms with Crippen LogP contribution in [0.2, 0.25) is 0 Å². The fourth-order valence-electron chi connectivity index (χ4n) is 3.22. The first kappa shape index (κ1) is 15.7. The second-order valence-electron chi connectivity index (χ2n) is 6.06. The van der Waals surface area contributed by atoms with Crippen molar-refractivity contribution >= 4 is 23.2 Å². The Kier molecular flexibility index (Phi) is 4.48. The van der Waals surface area contributed by atoms with Crippen molar-refractivity contribution in [2.24, 2.45) is 11.1 Å². The van der Waals surface area contributed by atoms with Crippen LogP contribution in [0.25, 0.3) is 11.1 Å². The Bertz CT molecular complexity index is 703. The first-order valence-corrected chi connectivity index (χ1v) is 8.71. The van der Waals surface area contributed by atoms with Crippen LogP contribution < -0.4 is 11.1 Å². The number of rotatable bonds is 5.